The summed E-state index contributed by atoms with van der Waals surface area (Å²) in [6.07, 6.45) is 3.16. The van der Waals surface area contributed by atoms with Gasteiger partial charge in [-0.2, -0.15) is 0 Å². The Bertz CT molecular complexity index is 769. The lowest BCUT2D eigenvalue weighted by molar-refractivity contribution is 0.0155. The van der Waals surface area contributed by atoms with Crippen molar-refractivity contribution in [3.63, 3.8) is 0 Å². The highest BCUT2D eigenvalue weighted by atomic mass is 79.9. The van der Waals surface area contributed by atoms with Crippen molar-refractivity contribution in [1.29, 1.82) is 0 Å². The number of aromatic nitrogens is 2. The predicted molar refractivity (Wildman–Crippen MR) is 83.9 cm³/mol. The number of carbonyl (C=O) groups is 1. The van der Waals surface area contributed by atoms with E-state index in [2.05, 4.69) is 20.9 Å². The van der Waals surface area contributed by atoms with Gasteiger partial charge in [0.2, 0.25) is 5.88 Å². The average molecular weight is 364 g/mol. The Morgan fingerprint density at radius 2 is 2.14 bits per heavy atom. The number of pyridine rings is 2. The first kappa shape index (κ1) is 14.8. The molecular weight excluding hydrogens is 350 g/mol. The summed E-state index contributed by atoms with van der Waals surface area (Å²) in [7, 11) is 1.62. The van der Waals surface area contributed by atoms with E-state index in [4.69, 9.17) is 4.74 Å². The van der Waals surface area contributed by atoms with E-state index in [9.17, 15) is 9.59 Å². The Morgan fingerprint density at radius 3 is 2.86 bits per heavy atom. The zero-order valence-electron chi connectivity index (χ0n) is 11.9. The van der Waals surface area contributed by atoms with Gasteiger partial charge in [-0.05, 0) is 40.2 Å². The molecule has 0 saturated carbocycles. The number of hydrogen-bond acceptors (Lipinski definition) is 4. The lowest BCUT2D eigenvalue weighted by Gasteiger charge is -2.38. The van der Waals surface area contributed by atoms with Crippen molar-refractivity contribution in [1.82, 2.24) is 14.5 Å². The molecule has 2 aromatic heterocycles. The van der Waals surface area contributed by atoms with Crippen LogP contribution in [0.25, 0.3) is 0 Å². The van der Waals surface area contributed by atoms with Crippen LogP contribution in [0.3, 0.4) is 0 Å². The molecule has 0 aromatic carbocycles. The Hall–Kier alpha value is -2.15. The summed E-state index contributed by atoms with van der Waals surface area (Å²) >= 11 is 3.36. The van der Waals surface area contributed by atoms with Gasteiger partial charge in [-0.15, -0.1) is 0 Å². The number of ether oxygens (including phenoxy) is 1. The van der Waals surface area contributed by atoms with Crippen LogP contribution in [0.4, 0.5) is 0 Å². The summed E-state index contributed by atoms with van der Waals surface area (Å²) in [6, 6.07) is 6.89. The lowest BCUT2D eigenvalue weighted by Crippen LogP contribution is -2.57. The fourth-order valence-corrected chi connectivity index (χ4v) is 2.57. The van der Waals surface area contributed by atoms with Crippen molar-refractivity contribution in [2.45, 2.75) is 6.10 Å². The van der Waals surface area contributed by atoms with Crippen LogP contribution in [-0.2, 0) is 7.05 Å². The van der Waals surface area contributed by atoms with Gasteiger partial charge in [0.05, 0.1) is 17.6 Å². The number of nitrogens with zero attached hydrogens (tertiary/aromatic N) is 3. The van der Waals surface area contributed by atoms with Gasteiger partial charge in [-0.3, -0.25) is 9.59 Å². The average Bonchev–Trinajstić information content (AvgIpc) is 2.46. The molecule has 0 atom stereocenters. The summed E-state index contributed by atoms with van der Waals surface area (Å²) in [5, 5.41) is 0. The minimum Gasteiger partial charge on any atom is -0.470 e. The SMILES string of the molecule is Cn1cccc(C(=O)N2CC(Oc3ncccc3Br)C2)c1=O. The Kier molecular flexibility index (Phi) is 3.98. The second-order valence-electron chi connectivity index (χ2n) is 5.08. The van der Waals surface area contributed by atoms with Gasteiger partial charge < -0.3 is 14.2 Å². The van der Waals surface area contributed by atoms with Gasteiger partial charge in [-0.1, -0.05) is 0 Å². The van der Waals surface area contributed by atoms with Crippen LogP contribution in [0.2, 0.25) is 0 Å². The van der Waals surface area contributed by atoms with Crippen LogP contribution in [0, 0.1) is 0 Å². The molecule has 3 rings (SSSR count). The molecule has 0 bridgehead atoms. The van der Waals surface area contributed by atoms with Gasteiger partial charge in [-0.25, -0.2) is 4.98 Å². The van der Waals surface area contributed by atoms with Crippen molar-refractivity contribution >= 4 is 21.8 Å². The van der Waals surface area contributed by atoms with Crippen LogP contribution in [0.15, 0.2) is 45.9 Å². The van der Waals surface area contributed by atoms with Crippen molar-refractivity contribution in [3.05, 3.63) is 57.0 Å². The van der Waals surface area contributed by atoms with Crippen LogP contribution >= 0.6 is 15.9 Å². The van der Waals surface area contributed by atoms with Crippen molar-refractivity contribution in [2.24, 2.45) is 7.05 Å². The first-order chi connectivity index (χ1) is 10.6. The largest absolute Gasteiger partial charge is 0.470 e. The summed E-state index contributed by atoms with van der Waals surface area (Å²) in [5.74, 6) is 0.247. The number of likely N-dealkylation sites (tertiary alicyclic amines) is 1. The van der Waals surface area contributed by atoms with E-state index in [0.717, 1.165) is 4.47 Å². The van der Waals surface area contributed by atoms with E-state index in [-0.39, 0.29) is 23.1 Å². The summed E-state index contributed by atoms with van der Waals surface area (Å²) in [5.41, 5.74) is -0.105. The van der Waals surface area contributed by atoms with Crippen LogP contribution in [0.1, 0.15) is 10.4 Å². The van der Waals surface area contributed by atoms with Crippen LogP contribution in [-0.4, -0.2) is 39.6 Å². The third kappa shape index (κ3) is 2.76. The molecule has 3 heterocycles. The number of rotatable bonds is 3. The Morgan fingerprint density at radius 1 is 1.36 bits per heavy atom. The smallest absolute Gasteiger partial charge is 0.263 e. The lowest BCUT2D eigenvalue weighted by atomic mass is 10.1. The van der Waals surface area contributed by atoms with E-state index >= 15 is 0 Å². The maximum atomic E-state index is 12.3. The first-order valence-corrected chi connectivity index (χ1v) is 7.57. The summed E-state index contributed by atoms with van der Waals surface area (Å²) in [4.78, 5) is 30.0. The molecule has 1 aliphatic rings. The predicted octanol–water partition coefficient (Wildman–Crippen LogP) is 1.45. The second kappa shape index (κ2) is 5.92. The van der Waals surface area contributed by atoms with E-state index in [0.29, 0.717) is 19.0 Å². The second-order valence-corrected chi connectivity index (χ2v) is 5.93. The number of hydrogen-bond donors (Lipinski definition) is 0. The number of halogens is 1. The third-order valence-corrected chi connectivity index (χ3v) is 4.10. The highest BCUT2D eigenvalue weighted by molar-refractivity contribution is 9.10. The molecule has 7 heteroatoms. The molecule has 1 aliphatic heterocycles. The number of aryl methyl sites for hydroxylation is 1. The van der Waals surface area contributed by atoms with Crippen LogP contribution < -0.4 is 10.3 Å². The molecule has 2 aromatic rings. The molecule has 0 N–H and O–H groups in total. The first-order valence-electron chi connectivity index (χ1n) is 6.78. The summed E-state index contributed by atoms with van der Waals surface area (Å²) < 4.78 is 7.89. The molecule has 22 heavy (non-hydrogen) atoms. The monoisotopic (exact) mass is 363 g/mol. The number of amides is 1. The molecule has 0 spiro atoms. The number of carbonyl (C=O) groups excluding carboxylic acids is 1. The van der Waals surface area contributed by atoms with Crippen LogP contribution in [0.5, 0.6) is 5.88 Å². The highest BCUT2D eigenvalue weighted by Gasteiger charge is 2.34. The molecule has 0 radical (unpaired) electrons. The Labute approximate surface area is 135 Å². The Balaban J connectivity index is 1.64. The molecule has 1 amide bonds. The van der Waals surface area contributed by atoms with Gasteiger partial charge in [0.1, 0.15) is 11.7 Å². The third-order valence-electron chi connectivity index (χ3n) is 3.49. The zero-order valence-corrected chi connectivity index (χ0v) is 13.5. The van der Waals surface area contributed by atoms with E-state index in [1.54, 1.807) is 42.5 Å². The summed E-state index contributed by atoms with van der Waals surface area (Å²) in [6.45, 7) is 0.889. The van der Waals surface area contributed by atoms with E-state index < -0.39 is 0 Å². The standard InChI is InChI=1S/C15H14BrN3O3/c1-18-7-3-4-11(14(18)20)15(21)19-8-10(9-19)22-13-12(16)5-2-6-17-13/h2-7,10H,8-9H2,1H3. The van der Waals surface area contributed by atoms with Crippen molar-refractivity contribution in [2.75, 3.05) is 13.1 Å². The van der Waals surface area contributed by atoms with Gasteiger partial charge in [0.25, 0.3) is 11.5 Å². The van der Waals surface area contributed by atoms with Crippen molar-refractivity contribution in [3.8, 4) is 5.88 Å². The van der Waals surface area contributed by atoms with Crippen molar-refractivity contribution < 1.29 is 9.53 Å². The normalized spacial score (nSPS) is 14.5. The molecule has 0 unspecified atom stereocenters. The zero-order chi connectivity index (χ0) is 15.7. The van der Waals surface area contributed by atoms with E-state index in [1.165, 1.54) is 4.57 Å². The maximum Gasteiger partial charge on any atom is 0.263 e. The minimum absolute atomic E-state index is 0.109. The highest BCUT2D eigenvalue weighted by Crippen LogP contribution is 2.24. The maximum absolute atomic E-state index is 12.3. The molecule has 0 aliphatic carbocycles. The van der Waals surface area contributed by atoms with Gasteiger partial charge in [0.15, 0.2) is 0 Å². The fraction of sp³-hybridized carbons (Fsp3) is 0.267. The minimum atomic E-state index is -0.288. The van der Waals surface area contributed by atoms with Gasteiger partial charge >= 0.3 is 0 Å². The molecule has 114 valence electrons. The fourth-order valence-electron chi connectivity index (χ4n) is 2.22. The molecule has 1 fully saturated rings. The molecule has 6 nitrogen and oxygen atoms in total. The van der Waals surface area contributed by atoms with Gasteiger partial charge in [0, 0.05) is 19.4 Å². The molecular formula is C15H14BrN3O3. The molecule has 1 saturated heterocycles. The van der Waals surface area contributed by atoms with E-state index in [1.807, 2.05) is 6.07 Å². The quantitative estimate of drug-likeness (QED) is 0.827. The topological polar surface area (TPSA) is 64.4 Å².